The molecule has 1 fully saturated rings. The number of hydrogen-bond donors (Lipinski definition) is 5. The van der Waals surface area contributed by atoms with Gasteiger partial charge in [-0.15, -0.1) is 0 Å². The summed E-state index contributed by atoms with van der Waals surface area (Å²) < 4.78 is 0. The molecule has 1 heterocycles. The van der Waals surface area contributed by atoms with Crippen LogP contribution in [0.15, 0.2) is 0 Å². The van der Waals surface area contributed by atoms with Gasteiger partial charge in [0.2, 0.25) is 11.8 Å². The van der Waals surface area contributed by atoms with E-state index in [9.17, 15) is 43.8 Å². The number of Topliss-reactive ketones (excluding diaryl/α,β-unsaturated/α-hetero) is 4. The molecule has 0 aromatic rings. The Morgan fingerprint density at radius 3 is 1.88 bits per heavy atom. The van der Waals surface area contributed by atoms with Crippen molar-refractivity contribution < 1.29 is 43.8 Å². The summed E-state index contributed by atoms with van der Waals surface area (Å²) >= 11 is 0. The predicted octanol–water partition coefficient (Wildman–Crippen LogP) is 3.19. The van der Waals surface area contributed by atoms with E-state index in [1.54, 1.807) is 34.6 Å². The molecule has 1 rings (SSSR count). The van der Waals surface area contributed by atoms with Crippen LogP contribution < -0.4 is 16.0 Å². The van der Waals surface area contributed by atoms with Crippen molar-refractivity contribution in [1.82, 2.24) is 16.0 Å². The van der Waals surface area contributed by atoms with E-state index in [4.69, 9.17) is 0 Å². The van der Waals surface area contributed by atoms with Crippen LogP contribution in [0.2, 0.25) is 0 Å². The van der Waals surface area contributed by atoms with Crippen molar-refractivity contribution in [3.05, 3.63) is 0 Å². The number of nitrogens with one attached hydrogen (secondary N) is 3. The smallest absolute Gasteiger partial charge is 0.304 e. The second-order valence-corrected chi connectivity index (χ2v) is 18.3. The highest BCUT2D eigenvalue weighted by atomic mass is 33.1. The van der Waals surface area contributed by atoms with Gasteiger partial charge in [0.05, 0.1) is 30.5 Å². The minimum atomic E-state index is -1.24. The highest BCUT2D eigenvalue weighted by Gasteiger charge is 2.34. The zero-order valence-electron chi connectivity index (χ0n) is 29.1. The second kappa shape index (κ2) is 22.3. The number of carbonyl (C=O) groups excluding carboxylic acids is 6. The minimum Gasteiger partial charge on any atom is -0.481 e. The second-order valence-electron chi connectivity index (χ2n) is 13.1. The summed E-state index contributed by atoms with van der Waals surface area (Å²) in [6.45, 7) is 13.7. The van der Waals surface area contributed by atoms with Crippen molar-refractivity contribution in [3.8, 4) is 0 Å². The molecule has 12 nitrogen and oxygen atoms in total. The first kappa shape index (κ1) is 44.4. The molecule has 48 heavy (non-hydrogen) atoms. The van der Waals surface area contributed by atoms with Crippen molar-refractivity contribution in [1.29, 1.82) is 0 Å². The first-order valence-electron chi connectivity index (χ1n) is 16.2. The van der Waals surface area contributed by atoms with Crippen molar-refractivity contribution in [3.63, 3.8) is 0 Å². The van der Waals surface area contributed by atoms with Gasteiger partial charge in [-0.2, -0.15) is 0 Å². The number of rotatable bonds is 9. The largest absolute Gasteiger partial charge is 0.481 e. The summed E-state index contributed by atoms with van der Waals surface area (Å²) in [6.07, 6.45) is -2.28. The van der Waals surface area contributed by atoms with Crippen molar-refractivity contribution in [2.75, 3.05) is 23.0 Å². The summed E-state index contributed by atoms with van der Waals surface area (Å²) in [5.74, 6) is -5.83. The van der Waals surface area contributed by atoms with Crippen LogP contribution in [0.3, 0.4) is 0 Å². The molecule has 1 unspecified atom stereocenters. The molecule has 0 saturated carbocycles. The van der Waals surface area contributed by atoms with Crippen LogP contribution in [0.5, 0.6) is 0 Å². The number of aliphatic hydroxyl groups is 1. The Morgan fingerprint density at radius 1 is 0.771 bits per heavy atom. The van der Waals surface area contributed by atoms with Gasteiger partial charge < -0.3 is 26.2 Å². The molecule has 0 aromatic heterocycles. The third-order valence-corrected chi connectivity index (χ3v) is 12.7. The molecule has 5 N–H and O–H groups in total. The van der Waals surface area contributed by atoms with Crippen molar-refractivity contribution in [2.45, 2.75) is 105 Å². The number of carbonyl (C=O) groups is 7. The average Bonchev–Trinajstić information content (AvgIpc) is 2.99. The first-order chi connectivity index (χ1) is 22.3. The molecular formula is C32H53N3O9S4. The molecule has 1 aliphatic heterocycles. The summed E-state index contributed by atoms with van der Waals surface area (Å²) in [5, 5.41) is 28.5. The van der Waals surface area contributed by atoms with Gasteiger partial charge in [-0.3, -0.25) is 33.6 Å². The zero-order chi connectivity index (χ0) is 36.7. The fraction of sp³-hybridized carbons (Fsp3) is 0.781. The standard InChI is InChI=1S/C32H53N3O9S4/c1-16(2)29(41)22-10-26(38)28(20(8)36)35-32(44)24(33-18(5)6)15-48-47-14-23(30(42)17(3)4)34-31(43)21(11-27(39)40)9-25(37)19(7)12-45-46-13-22/h16-24,28,33,36H,9-15H2,1-8H3,(H,34,43)(H,35,44)(H,39,40)/t19-,20+,21-,22-,23-,24-,28?/m0/s1. The molecule has 0 aliphatic carbocycles. The fourth-order valence-electron chi connectivity index (χ4n) is 4.81. The van der Waals surface area contributed by atoms with E-state index in [0.29, 0.717) is 5.75 Å². The molecular weight excluding hydrogens is 699 g/mol. The lowest BCUT2D eigenvalue weighted by Gasteiger charge is -2.27. The van der Waals surface area contributed by atoms with E-state index >= 15 is 0 Å². The van der Waals surface area contributed by atoms with E-state index in [1.165, 1.54) is 50.1 Å². The van der Waals surface area contributed by atoms with Gasteiger partial charge in [0.25, 0.3) is 0 Å². The van der Waals surface area contributed by atoms with Gasteiger partial charge in [0.15, 0.2) is 11.6 Å². The molecule has 0 aromatic carbocycles. The fourth-order valence-corrected chi connectivity index (χ4v) is 9.88. The van der Waals surface area contributed by atoms with Crippen LogP contribution in [-0.4, -0.2) is 104 Å². The number of ketones is 4. The lowest BCUT2D eigenvalue weighted by Crippen LogP contribution is -2.56. The average molecular weight is 752 g/mol. The maximum atomic E-state index is 13.5. The highest BCUT2D eigenvalue weighted by molar-refractivity contribution is 8.77. The lowest BCUT2D eigenvalue weighted by atomic mass is 9.89. The van der Waals surface area contributed by atoms with Crippen LogP contribution in [-0.2, 0) is 33.6 Å². The summed E-state index contributed by atoms with van der Waals surface area (Å²) in [5.41, 5.74) is 0. The molecule has 2 amide bonds. The van der Waals surface area contributed by atoms with Crippen LogP contribution in [0, 0.1) is 29.6 Å². The van der Waals surface area contributed by atoms with Gasteiger partial charge >= 0.3 is 5.97 Å². The topological polar surface area (TPSA) is 196 Å². The number of aliphatic hydroxyl groups excluding tert-OH is 1. The monoisotopic (exact) mass is 751 g/mol. The Bertz CT molecular complexity index is 1140. The van der Waals surface area contributed by atoms with Crippen LogP contribution in [0.25, 0.3) is 0 Å². The number of carboxylic acids is 1. The Labute approximate surface area is 300 Å². The zero-order valence-corrected chi connectivity index (χ0v) is 32.4. The molecule has 274 valence electrons. The Morgan fingerprint density at radius 2 is 1.33 bits per heavy atom. The molecule has 7 atom stereocenters. The van der Waals surface area contributed by atoms with Gasteiger partial charge in [0, 0.05) is 65.6 Å². The molecule has 0 radical (unpaired) electrons. The van der Waals surface area contributed by atoms with Crippen LogP contribution >= 0.6 is 43.2 Å². The maximum absolute atomic E-state index is 13.5. The van der Waals surface area contributed by atoms with E-state index in [0.717, 1.165) is 0 Å². The molecule has 0 bridgehead atoms. The normalized spacial score (nSPS) is 27.5. The molecule has 0 spiro atoms. The Hall–Kier alpha value is -1.59. The first-order valence-corrected chi connectivity index (χ1v) is 21.2. The quantitative estimate of drug-likeness (QED) is 0.216. The van der Waals surface area contributed by atoms with Crippen LogP contribution in [0.4, 0.5) is 0 Å². The van der Waals surface area contributed by atoms with E-state index < -0.39 is 77.9 Å². The highest BCUT2D eigenvalue weighted by Crippen LogP contribution is 2.31. The number of hydrogen-bond acceptors (Lipinski definition) is 13. The molecule has 1 aliphatic rings. The number of amides is 2. The van der Waals surface area contributed by atoms with Gasteiger partial charge in [-0.1, -0.05) is 91.6 Å². The van der Waals surface area contributed by atoms with E-state index in [-0.39, 0.29) is 59.4 Å². The molecule has 1 saturated heterocycles. The lowest BCUT2D eigenvalue weighted by molar-refractivity contribution is -0.142. The SMILES string of the molecule is CC(C)N[C@H]1CSSC[C@@H](C(=O)C(C)C)NC(=O)[C@H](CC(=O)O)CC(=O)[C@@H](C)CSSC[C@@H](C(=O)C(C)C)CC(=O)C([C@@H](C)O)NC1=O. The Balaban J connectivity index is 3.43. The minimum absolute atomic E-state index is 0.112. The predicted molar refractivity (Wildman–Crippen MR) is 195 cm³/mol. The molecule has 16 heteroatoms. The number of carboxylic acid groups (broad SMARTS) is 1. The van der Waals surface area contributed by atoms with E-state index in [1.807, 2.05) is 13.8 Å². The van der Waals surface area contributed by atoms with Gasteiger partial charge in [0.1, 0.15) is 17.6 Å². The maximum Gasteiger partial charge on any atom is 0.304 e. The van der Waals surface area contributed by atoms with E-state index in [2.05, 4.69) is 16.0 Å². The third-order valence-electron chi connectivity index (χ3n) is 7.64. The summed E-state index contributed by atoms with van der Waals surface area (Å²) in [4.78, 5) is 91.2. The van der Waals surface area contributed by atoms with Crippen molar-refractivity contribution in [2.24, 2.45) is 29.6 Å². The summed E-state index contributed by atoms with van der Waals surface area (Å²) in [7, 11) is 5.16. The van der Waals surface area contributed by atoms with Crippen molar-refractivity contribution >= 4 is 84.1 Å². The van der Waals surface area contributed by atoms with Crippen LogP contribution in [0.1, 0.15) is 74.7 Å². The third kappa shape index (κ3) is 16.0. The van der Waals surface area contributed by atoms with Gasteiger partial charge in [-0.05, 0) is 6.92 Å². The Kier molecular flexibility index (Phi) is 20.6. The summed E-state index contributed by atoms with van der Waals surface area (Å²) in [6, 6.07) is -3.08. The number of aliphatic carboxylic acids is 1. The van der Waals surface area contributed by atoms with Gasteiger partial charge in [-0.25, -0.2) is 0 Å².